The molecule has 0 spiro atoms. The van der Waals surface area contributed by atoms with E-state index in [9.17, 15) is 14.3 Å². The van der Waals surface area contributed by atoms with Gasteiger partial charge < -0.3 is 10.4 Å². The highest BCUT2D eigenvalue weighted by Gasteiger charge is 2.16. The number of amides is 1. The number of aromatic nitrogens is 1. The molecule has 1 aromatic carbocycles. The van der Waals surface area contributed by atoms with Crippen molar-refractivity contribution in [3.8, 4) is 5.75 Å². The first-order valence-corrected chi connectivity index (χ1v) is 6.76. The third kappa shape index (κ3) is 3.14. The standard InChI is InChI=1S/C14H12BrFN2O2/c1-2-8-3-5-11(19)10(7-8)17-14(20)13-9(16)4-6-12(15)18-13/h3-7,19H,2H2,1H3,(H,17,20). The summed E-state index contributed by atoms with van der Waals surface area (Å²) in [6.07, 6.45) is 0.757. The maximum Gasteiger partial charge on any atom is 0.277 e. The van der Waals surface area contributed by atoms with Crippen LogP contribution < -0.4 is 5.32 Å². The number of nitrogens with one attached hydrogen (secondary N) is 1. The topological polar surface area (TPSA) is 62.2 Å². The van der Waals surface area contributed by atoms with Gasteiger partial charge in [0, 0.05) is 0 Å². The van der Waals surface area contributed by atoms with Gasteiger partial charge in [-0.25, -0.2) is 9.37 Å². The Kier molecular flexibility index (Phi) is 4.34. The van der Waals surface area contributed by atoms with Crippen LogP contribution in [0.4, 0.5) is 10.1 Å². The number of phenolic OH excluding ortho intramolecular Hbond substituents is 1. The van der Waals surface area contributed by atoms with Gasteiger partial charge in [0.1, 0.15) is 10.4 Å². The number of benzene rings is 1. The predicted molar refractivity (Wildman–Crippen MR) is 77.3 cm³/mol. The van der Waals surface area contributed by atoms with Crippen LogP contribution in [-0.4, -0.2) is 16.0 Å². The number of carbonyl (C=O) groups excluding carboxylic acids is 1. The molecule has 0 aliphatic carbocycles. The Bertz CT molecular complexity index is 662. The van der Waals surface area contributed by atoms with E-state index in [1.54, 1.807) is 12.1 Å². The van der Waals surface area contributed by atoms with Crippen molar-refractivity contribution in [1.29, 1.82) is 0 Å². The fraction of sp³-hybridized carbons (Fsp3) is 0.143. The molecule has 0 saturated carbocycles. The Morgan fingerprint density at radius 1 is 1.40 bits per heavy atom. The molecule has 2 aromatic rings. The van der Waals surface area contributed by atoms with Crippen LogP contribution in [0, 0.1) is 5.82 Å². The Labute approximate surface area is 123 Å². The number of anilines is 1. The summed E-state index contributed by atoms with van der Waals surface area (Å²) in [5.41, 5.74) is 0.844. The van der Waals surface area contributed by atoms with Gasteiger partial charge in [-0.15, -0.1) is 0 Å². The van der Waals surface area contributed by atoms with Crippen molar-refractivity contribution in [3.05, 3.63) is 52.0 Å². The lowest BCUT2D eigenvalue weighted by Crippen LogP contribution is -2.16. The number of phenols is 1. The molecule has 1 amide bonds. The SMILES string of the molecule is CCc1ccc(O)c(NC(=O)c2nc(Br)ccc2F)c1. The molecule has 0 unspecified atom stereocenters. The summed E-state index contributed by atoms with van der Waals surface area (Å²) < 4.78 is 13.9. The van der Waals surface area contributed by atoms with Crippen LogP contribution in [0.1, 0.15) is 23.0 Å². The van der Waals surface area contributed by atoms with Gasteiger partial charge in [-0.05, 0) is 52.2 Å². The average Bonchev–Trinajstić information content (AvgIpc) is 2.43. The maximum atomic E-state index is 13.6. The van der Waals surface area contributed by atoms with Crippen molar-refractivity contribution in [3.63, 3.8) is 0 Å². The summed E-state index contributed by atoms with van der Waals surface area (Å²) in [6, 6.07) is 7.43. The Balaban J connectivity index is 2.30. The minimum atomic E-state index is -0.725. The number of aryl methyl sites for hydroxylation is 1. The molecule has 2 rings (SSSR count). The monoisotopic (exact) mass is 338 g/mol. The zero-order valence-corrected chi connectivity index (χ0v) is 12.2. The summed E-state index contributed by atoms with van der Waals surface area (Å²) in [6.45, 7) is 1.95. The van der Waals surface area contributed by atoms with Crippen molar-refractivity contribution in [2.45, 2.75) is 13.3 Å². The summed E-state index contributed by atoms with van der Waals surface area (Å²) in [5, 5.41) is 12.2. The van der Waals surface area contributed by atoms with Crippen LogP contribution in [0.25, 0.3) is 0 Å². The van der Waals surface area contributed by atoms with E-state index in [0.717, 1.165) is 18.1 Å². The first kappa shape index (κ1) is 14.5. The molecule has 0 saturated heterocycles. The smallest absolute Gasteiger partial charge is 0.277 e. The lowest BCUT2D eigenvalue weighted by atomic mass is 10.1. The highest BCUT2D eigenvalue weighted by molar-refractivity contribution is 9.10. The van der Waals surface area contributed by atoms with E-state index < -0.39 is 11.7 Å². The summed E-state index contributed by atoms with van der Waals surface area (Å²) >= 11 is 3.08. The number of carbonyl (C=O) groups is 1. The average molecular weight is 339 g/mol. The number of hydrogen-bond acceptors (Lipinski definition) is 3. The molecule has 0 fully saturated rings. The molecule has 0 bridgehead atoms. The number of hydrogen-bond donors (Lipinski definition) is 2. The Hall–Kier alpha value is -1.95. The van der Waals surface area contributed by atoms with Gasteiger partial charge in [-0.2, -0.15) is 0 Å². The second-order valence-corrected chi connectivity index (χ2v) is 4.94. The molecule has 104 valence electrons. The molecule has 2 N–H and O–H groups in total. The molecule has 0 aliphatic heterocycles. The van der Waals surface area contributed by atoms with E-state index in [2.05, 4.69) is 26.2 Å². The van der Waals surface area contributed by atoms with Crippen LogP contribution in [0.3, 0.4) is 0 Å². The van der Waals surface area contributed by atoms with E-state index in [0.29, 0.717) is 4.60 Å². The normalized spacial score (nSPS) is 10.3. The summed E-state index contributed by atoms with van der Waals surface area (Å²) in [5.74, 6) is -1.52. The molecular weight excluding hydrogens is 327 g/mol. The Morgan fingerprint density at radius 3 is 2.85 bits per heavy atom. The fourth-order valence-electron chi connectivity index (χ4n) is 1.66. The lowest BCUT2D eigenvalue weighted by molar-refractivity contribution is 0.101. The number of rotatable bonds is 3. The third-order valence-electron chi connectivity index (χ3n) is 2.74. The zero-order chi connectivity index (χ0) is 14.7. The number of pyridine rings is 1. The van der Waals surface area contributed by atoms with Crippen LogP contribution >= 0.6 is 15.9 Å². The van der Waals surface area contributed by atoms with Gasteiger partial charge in [0.2, 0.25) is 0 Å². The third-order valence-corrected chi connectivity index (χ3v) is 3.19. The van der Waals surface area contributed by atoms with Crippen LogP contribution in [0.15, 0.2) is 34.9 Å². The first-order chi connectivity index (χ1) is 9.51. The van der Waals surface area contributed by atoms with Crippen LogP contribution in [-0.2, 0) is 6.42 Å². The highest BCUT2D eigenvalue weighted by atomic mass is 79.9. The second-order valence-electron chi connectivity index (χ2n) is 4.12. The van der Waals surface area contributed by atoms with Gasteiger partial charge >= 0.3 is 0 Å². The van der Waals surface area contributed by atoms with Gasteiger partial charge in [0.05, 0.1) is 5.69 Å². The van der Waals surface area contributed by atoms with E-state index in [4.69, 9.17) is 0 Å². The molecule has 6 heteroatoms. The largest absolute Gasteiger partial charge is 0.506 e. The number of halogens is 2. The maximum absolute atomic E-state index is 13.6. The number of aromatic hydroxyl groups is 1. The summed E-state index contributed by atoms with van der Waals surface area (Å²) in [4.78, 5) is 15.8. The van der Waals surface area contributed by atoms with Crippen LogP contribution in [0.5, 0.6) is 5.75 Å². The second kappa shape index (κ2) is 6.00. The lowest BCUT2D eigenvalue weighted by Gasteiger charge is -2.09. The van der Waals surface area contributed by atoms with Crippen molar-refractivity contribution in [2.24, 2.45) is 0 Å². The highest BCUT2D eigenvalue weighted by Crippen LogP contribution is 2.25. The summed E-state index contributed by atoms with van der Waals surface area (Å²) in [7, 11) is 0. The first-order valence-electron chi connectivity index (χ1n) is 5.96. The quantitative estimate of drug-likeness (QED) is 0.665. The minimum absolute atomic E-state index is 0.0778. The zero-order valence-electron chi connectivity index (χ0n) is 10.7. The number of nitrogens with zero attached hydrogens (tertiary/aromatic N) is 1. The fourth-order valence-corrected chi connectivity index (χ4v) is 1.97. The van der Waals surface area contributed by atoms with Crippen molar-refractivity contribution >= 4 is 27.5 Å². The molecule has 0 aliphatic rings. The van der Waals surface area contributed by atoms with E-state index in [1.807, 2.05) is 6.92 Å². The molecule has 4 nitrogen and oxygen atoms in total. The Morgan fingerprint density at radius 2 is 2.15 bits per heavy atom. The van der Waals surface area contributed by atoms with Crippen molar-refractivity contribution in [2.75, 3.05) is 5.32 Å². The predicted octanol–water partition coefficient (Wildman–Crippen LogP) is 3.50. The van der Waals surface area contributed by atoms with Gasteiger partial charge in [-0.3, -0.25) is 4.79 Å². The molecule has 0 atom stereocenters. The van der Waals surface area contributed by atoms with Crippen molar-refractivity contribution < 1.29 is 14.3 Å². The van der Waals surface area contributed by atoms with Gasteiger partial charge in [0.25, 0.3) is 5.91 Å². The van der Waals surface area contributed by atoms with Gasteiger partial charge in [-0.1, -0.05) is 13.0 Å². The van der Waals surface area contributed by atoms with E-state index in [-0.39, 0.29) is 17.1 Å². The molecule has 0 radical (unpaired) electrons. The van der Waals surface area contributed by atoms with Gasteiger partial charge in [0.15, 0.2) is 11.5 Å². The van der Waals surface area contributed by atoms with E-state index >= 15 is 0 Å². The minimum Gasteiger partial charge on any atom is -0.506 e. The molecular formula is C14H12BrFN2O2. The molecule has 1 aromatic heterocycles. The van der Waals surface area contributed by atoms with E-state index in [1.165, 1.54) is 12.1 Å². The molecule has 1 heterocycles. The molecule has 20 heavy (non-hydrogen) atoms. The van der Waals surface area contributed by atoms with Crippen LogP contribution in [0.2, 0.25) is 0 Å². The van der Waals surface area contributed by atoms with Crippen molar-refractivity contribution in [1.82, 2.24) is 4.98 Å².